The van der Waals surface area contributed by atoms with E-state index in [0.29, 0.717) is 32.4 Å². The normalized spacial score (nSPS) is 29.1. The monoisotopic (exact) mass is 296 g/mol. The highest BCUT2D eigenvalue weighted by Crippen LogP contribution is 2.37. The second-order valence-corrected chi connectivity index (χ2v) is 6.84. The zero-order chi connectivity index (χ0) is 15.5. The van der Waals surface area contributed by atoms with E-state index >= 15 is 0 Å². The number of nitrogens with zero attached hydrogens (tertiary/aromatic N) is 1. The summed E-state index contributed by atoms with van der Waals surface area (Å²) in [6.07, 6.45) is 5.83. The molecule has 0 aliphatic carbocycles. The molecule has 2 aliphatic rings. The van der Waals surface area contributed by atoms with E-state index in [-0.39, 0.29) is 5.91 Å². The van der Waals surface area contributed by atoms with E-state index in [9.17, 15) is 14.7 Å². The second kappa shape index (κ2) is 6.34. The van der Waals surface area contributed by atoms with Crippen LogP contribution in [0.25, 0.3) is 0 Å². The molecule has 0 aromatic carbocycles. The third kappa shape index (κ3) is 3.23. The molecule has 0 aromatic heterocycles. The van der Waals surface area contributed by atoms with Crippen LogP contribution in [0.3, 0.4) is 0 Å². The van der Waals surface area contributed by atoms with Crippen molar-refractivity contribution in [1.29, 1.82) is 0 Å². The molecule has 0 saturated carbocycles. The van der Waals surface area contributed by atoms with Crippen molar-refractivity contribution in [3.8, 4) is 0 Å². The van der Waals surface area contributed by atoms with Crippen molar-refractivity contribution in [2.45, 2.75) is 64.3 Å². The van der Waals surface area contributed by atoms with Crippen LogP contribution in [0.5, 0.6) is 0 Å². The summed E-state index contributed by atoms with van der Waals surface area (Å²) in [4.78, 5) is 26.2. The van der Waals surface area contributed by atoms with Gasteiger partial charge in [0.05, 0.1) is 11.0 Å². The van der Waals surface area contributed by atoms with E-state index in [0.717, 1.165) is 32.2 Å². The number of rotatable bonds is 4. The molecule has 2 fully saturated rings. The minimum Gasteiger partial charge on any atom is -0.481 e. The summed E-state index contributed by atoms with van der Waals surface area (Å²) >= 11 is 0. The molecule has 21 heavy (non-hydrogen) atoms. The fourth-order valence-corrected chi connectivity index (χ4v) is 3.77. The average molecular weight is 296 g/mol. The van der Waals surface area contributed by atoms with Crippen LogP contribution in [-0.2, 0) is 9.59 Å². The van der Waals surface area contributed by atoms with Gasteiger partial charge in [-0.2, -0.15) is 0 Å². The number of carbonyl (C=O) groups excluding carboxylic acids is 1. The highest BCUT2D eigenvalue weighted by atomic mass is 16.4. The third-order valence-electron chi connectivity index (χ3n) is 5.28. The van der Waals surface area contributed by atoms with Gasteiger partial charge >= 0.3 is 5.97 Å². The summed E-state index contributed by atoms with van der Waals surface area (Å²) in [5, 5.41) is 12.9. The maximum absolute atomic E-state index is 12.7. The topological polar surface area (TPSA) is 69.6 Å². The standard InChI is InChI=1S/C16H28N2O3/c1-3-6-16(14(20)21)8-11-18(12-9-16)13(19)15(2)7-4-5-10-17-15/h17H,3-12H2,1-2H3,(H,20,21). The zero-order valence-electron chi connectivity index (χ0n) is 13.3. The number of carbonyl (C=O) groups is 2. The highest BCUT2D eigenvalue weighted by Gasteiger charge is 2.44. The van der Waals surface area contributed by atoms with Gasteiger partial charge in [-0.25, -0.2) is 0 Å². The first kappa shape index (κ1) is 16.3. The van der Waals surface area contributed by atoms with Crippen molar-refractivity contribution >= 4 is 11.9 Å². The molecule has 0 aromatic rings. The van der Waals surface area contributed by atoms with Crippen LogP contribution >= 0.6 is 0 Å². The number of likely N-dealkylation sites (tertiary alicyclic amines) is 1. The number of amides is 1. The van der Waals surface area contributed by atoms with Gasteiger partial charge in [0.15, 0.2) is 0 Å². The van der Waals surface area contributed by atoms with Crippen LogP contribution in [-0.4, -0.2) is 47.1 Å². The lowest BCUT2D eigenvalue weighted by Crippen LogP contribution is -2.60. The van der Waals surface area contributed by atoms with Gasteiger partial charge in [0.25, 0.3) is 0 Å². The Kier molecular flexibility index (Phi) is 4.91. The van der Waals surface area contributed by atoms with Crippen molar-refractivity contribution in [1.82, 2.24) is 10.2 Å². The molecule has 0 bridgehead atoms. The zero-order valence-corrected chi connectivity index (χ0v) is 13.3. The van der Waals surface area contributed by atoms with E-state index in [1.807, 2.05) is 18.7 Å². The molecular formula is C16H28N2O3. The van der Waals surface area contributed by atoms with Crippen molar-refractivity contribution in [2.24, 2.45) is 5.41 Å². The number of carboxylic acids is 1. The fraction of sp³-hybridized carbons (Fsp3) is 0.875. The number of carboxylic acid groups (broad SMARTS) is 1. The van der Waals surface area contributed by atoms with Crippen LogP contribution in [0.15, 0.2) is 0 Å². The van der Waals surface area contributed by atoms with Gasteiger partial charge in [-0.1, -0.05) is 13.3 Å². The van der Waals surface area contributed by atoms with Crippen LogP contribution < -0.4 is 5.32 Å². The summed E-state index contributed by atoms with van der Waals surface area (Å²) in [7, 11) is 0. The Hall–Kier alpha value is -1.10. The lowest BCUT2D eigenvalue weighted by molar-refractivity contribution is -0.156. The van der Waals surface area contributed by atoms with E-state index in [1.54, 1.807) is 0 Å². The molecule has 5 heteroatoms. The number of nitrogens with one attached hydrogen (secondary N) is 1. The van der Waals surface area contributed by atoms with Gasteiger partial charge in [0, 0.05) is 13.1 Å². The Balaban J connectivity index is 1.99. The van der Waals surface area contributed by atoms with Gasteiger partial charge in [-0.3, -0.25) is 9.59 Å². The minimum atomic E-state index is -0.696. The van der Waals surface area contributed by atoms with Crippen molar-refractivity contribution in [3.63, 3.8) is 0 Å². The maximum Gasteiger partial charge on any atom is 0.309 e. The van der Waals surface area contributed by atoms with E-state index < -0.39 is 16.9 Å². The molecule has 0 radical (unpaired) electrons. The Morgan fingerprint density at radius 1 is 1.19 bits per heavy atom. The molecule has 2 saturated heterocycles. The van der Waals surface area contributed by atoms with Crippen LogP contribution in [0.2, 0.25) is 0 Å². The number of piperidine rings is 2. The lowest BCUT2D eigenvalue weighted by Gasteiger charge is -2.43. The number of hydrogen-bond acceptors (Lipinski definition) is 3. The molecule has 0 spiro atoms. The Morgan fingerprint density at radius 2 is 1.86 bits per heavy atom. The van der Waals surface area contributed by atoms with Gasteiger partial charge in [0.1, 0.15) is 0 Å². The van der Waals surface area contributed by atoms with Crippen molar-refractivity contribution in [2.75, 3.05) is 19.6 Å². The Labute approximate surface area is 127 Å². The van der Waals surface area contributed by atoms with Gasteiger partial charge < -0.3 is 15.3 Å². The predicted octanol–water partition coefficient (Wildman–Crippen LogP) is 2.01. The Bertz CT molecular complexity index is 394. The van der Waals surface area contributed by atoms with E-state index in [1.165, 1.54) is 0 Å². The predicted molar refractivity (Wildman–Crippen MR) is 81.0 cm³/mol. The molecule has 120 valence electrons. The SMILES string of the molecule is CCCC1(C(=O)O)CCN(C(=O)C2(C)CCCCN2)CC1. The molecule has 1 amide bonds. The molecule has 1 unspecified atom stereocenters. The summed E-state index contributed by atoms with van der Waals surface area (Å²) in [5.41, 5.74) is -1.07. The fourth-order valence-electron chi connectivity index (χ4n) is 3.77. The summed E-state index contributed by atoms with van der Waals surface area (Å²) < 4.78 is 0. The molecule has 2 rings (SSSR count). The molecule has 2 N–H and O–H groups in total. The van der Waals surface area contributed by atoms with Crippen LogP contribution in [0.4, 0.5) is 0 Å². The molecule has 2 heterocycles. The second-order valence-electron chi connectivity index (χ2n) is 6.84. The highest BCUT2D eigenvalue weighted by molar-refractivity contribution is 5.86. The first-order valence-corrected chi connectivity index (χ1v) is 8.21. The quantitative estimate of drug-likeness (QED) is 0.832. The molecular weight excluding hydrogens is 268 g/mol. The molecule has 1 atom stereocenters. The summed E-state index contributed by atoms with van der Waals surface area (Å²) in [6, 6.07) is 0. The van der Waals surface area contributed by atoms with E-state index in [2.05, 4.69) is 5.32 Å². The first-order chi connectivity index (χ1) is 9.93. The van der Waals surface area contributed by atoms with Crippen molar-refractivity contribution < 1.29 is 14.7 Å². The average Bonchev–Trinajstić information content (AvgIpc) is 2.48. The van der Waals surface area contributed by atoms with Crippen molar-refractivity contribution in [3.05, 3.63) is 0 Å². The summed E-state index contributed by atoms with van der Waals surface area (Å²) in [5.74, 6) is -0.545. The van der Waals surface area contributed by atoms with Gasteiger partial charge in [-0.15, -0.1) is 0 Å². The molecule has 5 nitrogen and oxygen atoms in total. The minimum absolute atomic E-state index is 0.151. The third-order valence-corrected chi connectivity index (χ3v) is 5.28. The first-order valence-electron chi connectivity index (χ1n) is 8.21. The van der Waals surface area contributed by atoms with Crippen LogP contribution in [0, 0.1) is 5.41 Å². The van der Waals surface area contributed by atoms with Crippen LogP contribution in [0.1, 0.15) is 58.8 Å². The summed E-state index contributed by atoms with van der Waals surface area (Å²) in [6.45, 7) is 6.05. The smallest absolute Gasteiger partial charge is 0.309 e. The maximum atomic E-state index is 12.7. The Morgan fingerprint density at radius 3 is 2.33 bits per heavy atom. The number of aliphatic carboxylic acids is 1. The molecule has 2 aliphatic heterocycles. The van der Waals surface area contributed by atoms with Gasteiger partial charge in [-0.05, 0) is 52.0 Å². The van der Waals surface area contributed by atoms with Gasteiger partial charge in [0.2, 0.25) is 5.91 Å². The number of hydrogen-bond donors (Lipinski definition) is 2. The largest absolute Gasteiger partial charge is 0.481 e. The lowest BCUT2D eigenvalue weighted by atomic mass is 9.74. The van der Waals surface area contributed by atoms with E-state index in [4.69, 9.17) is 0 Å².